The monoisotopic (exact) mass is 711 g/mol. The molecule has 258 valence electrons. The van der Waals surface area contributed by atoms with E-state index in [2.05, 4.69) is 4.72 Å². The number of nitrogens with zero attached hydrogens (tertiary/aromatic N) is 2. The van der Waals surface area contributed by atoms with Gasteiger partial charge in [0.2, 0.25) is 10.0 Å². The van der Waals surface area contributed by atoms with Crippen molar-refractivity contribution in [1.82, 2.24) is 9.21 Å². The minimum atomic E-state index is -3.97. The zero-order valence-electron chi connectivity index (χ0n) is 26.8. The molecule has 15 heteroatoms. The van der Waals surface area contributed by atoms with E-state index in [1.54, 1.807) is 24.4 Å². The van der Waals surface area contributed by atoms with Crippen LogP contribution in [0.5, 0.6) is 5.75 Å². The second-order valence-electron chi connectivity index (χ2n) is 11.8. The summed E-state index contributed by atoms with van der Waals surface area (Å²) >= 11 is 1.06. The lowest BCUT2D eigenvalue weighted by atomic mass is 10.0. The van der Waals surface area contributed by atoms with Crippen LogP contribution in [0.3, 0.4) is 0 Å². The zero-order valence-corrected chi connectivity index (χ0v) is 29.3. The zero-order chi connectivity index (χ0) is 34.4. The minimum Gasteiger partial charge on any atom is -0.490 e. The fourth-order valence-electron chi connectivity index (χ4n) is 5.21. The van der Waals surface area contributed by atoms with Gasteiger partial charge >= 0.3 is 0 Å². The molecule has 2 N–H and O–H groups in total. The Labute approximate surface area is 280 Å². The number of halogens is 1. The van der Waals surface area contributed by atoms with E-state index < -0.39 is 49.8 Å². The highest BCUT2D eigenvalue weighted by Gasteiger charge is 2.32. The lowest BCUT2D eigenvalue weighted by molar-refractivity contribution is -0.00833. The number of anilines is 1. The fourth-order valence-corrected chi connectivity index (χ4v) is 8.43. The molecular weight excluding hydrogens is 670 g/mol. The van der Waals surface area contributed by atoms with E-state index in [0.29, 0.717) is 19.4 Å². The number of hydrogen-bond acceptors (Lipinski definition) is 9. The summed E-state index contributed by atoms with van der Waals surface area (Å²) in [7, 11) is -6.45. The molecule has 0 radical (unpaired) electrons. The second-order valence-corrected chi connectivity index (χ2v) is 16.7. The van der Waals surface area contributed by atoms with Crippen molar-refractivity contribution in [1.29, 1.82) is 0 Å². The van der Waals surface area contributed by atoms with Crippen LogP contribution < -0.4 is 9.46 Å². The number of amides is 1. The highest BCUT2D eigenvalue weighted by atomic mass is 32.2. The molecule has 1 aliphatic heterocycles. The van der Waals surface area contributed by atoms with Crippen LogP contribution in [0, 0.1) is 11.7 Å². The maximum atomic E-state index is 14.3. The van der Waals surface area contributed by atoms with Crippen LogP contribution in [-0.4, -0.2) is 88.7 Å². The summed E-state index contributed by atoms with van der Waals surface area (Å²) < 4.78 is 82.3. The molecular formula is C32H42FN3O8S3. The molecule has 1 aromatic heterocycles. The number of thiophene rings is 1. The molecule has 1 amide bonds. The average Bonchev–Trinajstić information content (AvgIpc) is 3.59. The molecule has 11 nitrogen and oxygen atoms in total. The number of nitrogens with one attached hydrogen (secondary N) is 1. The van der Waals surface area contributed by atoms with Crippen molar-refractivity contribution in [2.45, 2.75) is 67.4 Å². The van der Waals surface area contributed by atoms with E-state index in [4.69, 9.17) is 9.47 Å². The number of benzene rings is 2. The Bertz CT molecular complexity index is 1700. The van der Waals surface area contributed by atoms with Gasteiger partial charge in [0, 0.05) is 38.3 Å². The molecule has 0 unspecified atom stereocenters. The molecule has 2 heterocycles. The van der Waals surface area contributed by atoms with Gasteiger partial charge in [-0.2, -0.15) is 4.31 Å². The predicted molar refractivity (Wildman–Crippen MR) is 178 cm³/mol. The average molecular weight is 712 g/mol. The molecule has 0 aliphatic carbocycles. The molecule has 0 bridgehead atoms. The topological polar surface area (TPSA) is 143 Å². The fraction of sp³-hybridized carbons (Fsp3) is 0.469. The first kappa shape index (κ1) is 36.8. The summed E-state index contributed by atoms with van der Waals surface area (Å²) in [5, 5.41) is 11.8. The Kier molecular flexibility index (Phi) is 12.4. The quantitative estimate of drug-likeness (QED) is 0.322. The number of aliphatic hydroxyl groups excluding tert-OH is 1. The van der Waals surface area contributed by atoms with Crippen molar-refractivity contribution < 1.29 is 40.6 Å². The molecule has 2 aromatic carbocycles. The lowest BCUT2D eigenvalue weighted by Gasteiger charge is -2.35. The predicted octanol–water partition coefficient (Wildman–Crippen LogP) is 4.80. The molecule has 4 rings (SSSR count). The van der Waals surface area contributed by atoms with Gasteiger partial charge in [-0.25, -0.2) is 21.2 Å². The number of carbonyl (C=O) groups excluding carboxylic acids is 1. The molecule has 47 heavy (non-hydrogen) atoms. The van der Waals surface area contributed by atoms with Crippen molar-refractivity contribution >= 4 is 43.0 Å². The second kappa shape index (κ2) is 15.9. The molecule has 0 fully saturated rings. The number of fused-ring (bicyclic) bond motifs is 1. The number of hydrogen-bond donors (Lipinski definition) is 2. The molecule has 4 atom stereocenters. The Morgan fingerprint density at radius 3 is 2.49 bits per heavy atom. The van der Waals surface area contributed by atoms with Gasteiger partial charge in [-0.05, 0) is 87.0 Å². The molecule has 0 saturated heterocycles. The molecule has 0 spiro atoms. The van der Waals surface area contributed by atoms with E-state index in [9.17, 15) is 31.1 Å². The van der Waals surface area contributed by atoms with Crippen LogP contribution in [0.15, 0.2) is 69.1 Å². The Morgan fingerprint density at radius 2 is 1.83 bits per heavy atom. The van der Waals surface area contributed by atoms with E-state index in [1.807, 2.05) is 13.8 Å². The van der Waals surface area contributed by atoms with E-state index in [0.717, 1.165) is 34.2 Å². The Morgan fingerprint density at radius 1 is 1.11 bits per heavy atom. The van der Waals surface area contributed by atoms with Gasteiger partial charge in [-0.15, -0.1) is 11.3 Å². The first-order valence-electron chi connectivity index (χ1n) is 15.3. The van der Waals surface area contributed by atoms with Crippen molar-refractivity contribution in [3.8, 4) is 5.75 Å². The minimum absolute atomic E-state index is 0.0405. The van der Waals surface area contributed by atoms with Crippen LogP contribution in [0.25, 0.3) is 0 Å². The van der Waals surface area contributed by atoms with Crippen LogP contribution >= 0.6 is 11.3 Å². The summed E-state index contributed by atoms with van der Waals surface area (Å²) in [5.74, 6) is -1.18. The van der Waals surface area contributed by atoms with Gasteiger partial charge in [0.05, 0.1) is 35.3 Å². The Hall–Kier alpha value is -3.08. The van der Waals surface area contributed by atoms with Crippen LogP contribution in [-0.2, 0) is 24.8 Å². The van der Waals surface area contributed by atoms with E-state index >= 15 is 0 Å². The maximum absolute atomic E-state index is 14.3. The smallest absolute Gasteiger partial charge is 0.271 e. The lowest BCUT2D eigenvalue weighted by Crippen LogP contribution is -2.48. The molecule has 0 saturated carbocycles. The summed E-state index contributed by atoms with van der Waals surface area (Å²) in [5.41, 5.74) is 0.280. The largest absolute Gasteiger partial charge is 0.490 e. The third-order valence-electron chi connectivity index (χ3n) is 8.02. The molecule has 1 aliphatic rings. The Balaban J connectivity index is 1.67. The van der Waals surface area contributed by atoms with E-state index in [1.165, 1.54) is 42.3 Å². The third kappa shape index (κ3) is 9.30. The molecule has 3 aromatic rings. The van der Waals surface area contributed by atoms with Crippen molar-refractivity contribution in [2.75, 3.05) is 38.1 Å². The van der Waals surface area contributed by atoms with Gasteiger partial charge in [-0.1, -0.05) is 13.0 Å². The summed E-state index contributed by atoms with van der Waals surface area (Å²) in [6, 6.07) is 11.6. The standard InChI is InChI=1S/C32H42FN3O8S3/c1-22-19-36(23(2)21-37)32(38)28-18-26(34-46(39,40)31-9-7-17-45-31)12-15-29(28)44-24(3)8-5-6-16-43-30(22)20-35(4)47(41,42)27-13-10-25(33)11-14-27/h7,9-15,17-18,22-24,30,34,37H,5-6,8,16,19-21H2,1-4H3/t22-,23-,24+,30-/m0/s1. The van der Waals surface area contributed by atoms with Gasteiger partial charge in [0.25, 0.3) is 15.9 Å². The normalized spacial score (nSPS) is 21.0. The highest BCUT2D eigenvalue weighted by molar-refractivity contribution is 7.94. The van der Waals surface area contributed by atoms with Crippen molar-refractivity contribution in [3.05, 3.63) is 71.4 Å². The van der Waals surface area contributed by atoms with Crippen LogP contribution in [0.4, 0.5) is 10.1 Å². The summed E-state index contributed by atoms with van der Waals surface area (Å²) in [4.78, 5) is 15.7. The summed E-state index contributed by atoms with van der Waals surface area (Å²) in [6.07, 6.45) is 1.12. The van der Waals surface area contributed by atoms with Crippen molar-refractivity contribution in [3.63, 3.8) is 0 Å². The number of carbonyl (C=O) groups is 1. The SMILES string of the molecule is C[C@@H]1CCCCO[C@@H](CN(C)S(=O)(=O)c2ccc(F)cc2)[C@@H](C)CN([C@@H](C)CO)C(=O)c2cc(NS(=O)(=O)c3cccs3)ccc2O1. The van der Waals surface area contributed by atoms with Crippen LogP contribution in [0.1, 0.15) is 50.4 Å². The number of sulfonamides is 2. The number of rotatable bonds is 9. The van der Waals surface area contributed by atoms with Gasteiger partial charge in [0.1, 0.15) is 15.8 Å². The first-order chi connectivity index (χ1) is 22.2. The maximum Gasteiger partial charge on any atom is 0.271 e. The summed E-state index contributed by atoms with van der Waals surface area (Å²) in [6.45, 7) is 5.42. The van der Waals surface area contributed by atoms with Crippen LogP contribution in [0.2, 0.25) is 0 Å². The first-order valence-corrected chi connectivity index (χ1v) is 19.2. The van der Waals surface area contributed by atoms with Crippen molar-refractivity contribution in [2.24, 2.45) is 5.92 Å². The van der Waals surface area contributed by atoms with Gasteiger partial charge in [-0.3, -0.25) is 9.52 Å². The number of aliphatic hydroxyl groups is 1. The van der Waals surface area contributed by atoms with Gasteiger partial charge in [0.15, 0.2) is 0 Å². The number of likely N-dealkylation sites (N-methyl/N-ethyl adjacent to an activating group) is 1. The van der Waals surface area contributed by atoms with E-state index in [-0.39, 0.29) is 51.9 Å². The van der Waals surface area contributed by atoms with Gasteiger partial charge < -0.3 is 19.5 Å². The highest BCUT2D eigenvalue weighted by Crippen LogP contribution is 2.30. The number of ether oxygens (including phenoxy) is 2. The third-order valence-corrected chi connectivity index (χ3v) is 12.6.